The lowest BCUT2D eigenvalue weighted by Crippen LogP contribution is -2.40. The average molecular weight is 573 g/mol. The van der Waals surface area contributed by atoms with Crippen molar-refractivity contribution in [1.82, 2.24) is 0 Å². The molecule has 0 radical (unpaired) electrons. The molecule has 1 fully saturated rings. The van der Waals surface area contributed by atoms with E-state index in [9.17, 15) is 4.39 Å². The first kappa shape index (κ1) is 28.9. The predicted octanol–water partition coefficient (Wildman–Crippen LogP) is 8.61. The highest BCUT2D eigenvalue weighted by molar-refractivity contribution is 6.31. The van der Waals surface area contributed by atoms with Crippen molar-refractivity contribution in [3.05, 3.63) is 148 Å². The van der Waals surface area contributed by atoms with E-state index in [4.69, 9.17) is 30.5 Å². The smallest absolute Gasteiger partial charge is 0.165 e. The van der Waals surface area contributed by atoms with E-state index in [0.29, 0.717) is 43.4 Å². The van der Waals surface area contributed by atoms with Crippen LogP contribution in [0.15, 0.2) is 109 Å². The Morgan fingerprint density at radius 1 is 0.854 bits per heavy atom. The topological polar surface area (TPSA) is 36.9 Å². The van der Waals surface area contributed by atoms with Crippen LogP contribution in [0.25, 0.3) is 0 Å². The summed E-state index contributed by atoms with van der Waals surface area (Å²) in [6.07, 6.45) is 0.0519. The number of ether oxygens (including phenoxy) is 4. The van der Waals surface area contributed by atoms with E-state index in [-0.39, 0.29) is 23.8 Å². The molecule has 3 atom stereocenters. The number of halogens is 2. The van der Waals surface area contributed by atoms with Gasteiger partial charge in [0.15, 0.2) is 11.6 Å². The molecule has 0 bridgehead atoms. The summed E-state index contributed by atoms with van der Waals surface area (Å²) in [5.41, 5.74) is 4.78. The van der Waals surface area contributed by atoms with Crippen LogP contribution >= 0.6 is 11.6 Å². The largest absolute Gasteiger partial charge is 0.491 e. The normalized spacial score (nSPS) is 18.6. The molecule has 212 valence electrons. The zero-order valence-corrected chi connectivity index (χ0v) is 23.9. The van der Waals surface area contributed by atoms with Gasteiger partial charge in [-0.25, -0.2) is 4.39 Å². The Labute approximate surface area is 246 Å². The van der Waals surface area contributed by atoms with Gasteiger partial charge in [-0.05, 0) is 59.4 Å². The predicted molar refractivity (Wildman–Crippen MR) is 159 cm³/mol. The van der Waals surface area contributed by atoms with E-state index >= 15 is 0 Å². The molecule has 1 saturated heterocycles. The molecule has 0 saturated carbocycles. The Hall–Kier alpha value is -3.64. The number of benzene rings is 4. The Bertz CT molecular complexity index is 1440. The molecule has 1 aliphatic heterocycles. The maximum atomic E-state index is 14.5. The molecular weight excluding hydrogens is 539 g/mol. The summed E-state index contributed by atoms with van der Waals surface area (Å²) < 4.78 is 38.9. The minimum Gasteiger partial charge on any atom is -0.491 e. The summed E-state index contributed by atoms with van der Waals surface area (Å²) in [5.74, 6) is 0.389. The van der Waals surface area contributed by atoms with Gasteiger partial charge in [0.05, 0.1) is 25.9 Å². The fourth-order valence-electron chi connectivity index (χ4n) is 5.01. The van der Waals surface area contributed by atoms with Gasteiger partial charge in [-0.3, -0.25) is 0 Å². The highest BCUT2D eigenvalue weighted by Gasteiger charge is 2.37. The SMILES string of the molecule is C=C1OC(c2ccc(Cl)c(Cc3ccc(OCC)c(F)c3)c2)CC(OCc2ccccc2)[C@@H]1OCc1ccccc1. The third kappa shape index (κ3) is 7.56. The lowest BCUT2D eigenvalue weighted by atomic mass is 9.93. The quantitative estimate of drug-likeness (QED) is 0.180. The monoisotopic (exact) mass is 572 g/mol. The van der Waals surface area contributed by atoms with Crippen LogP contribution in [0, 0.1) is 5.82 Å². The minimum absolute atomic E-state index is 0.246. The van der Waals surface area contributed by atoms with Crippen molar-refractivity contribution in [3.63, 3.8) is 0 Å². The van der Waals surface area contributed by atoms with Crippen molar-refractivity contribution < 1.29 is 23.3 Å². The van der Waals surface area contributed by atoms with E-state index < -0.39 is 6.10 Å². The van der Waals surface area contributed by atoms with Crippen molar-refractivity contribution >= 4 is 11.6 Å². The molecule has 1 heterocycles. The van der Waals surface area contributed by atoms with Crippen molar-refractivity contribution in [3.8, 4) is 5.75 Å². The summed E-state index contributed by atoms with van der Waals surface area (Å²) in [6.45, 7) is 7.33. The molecular formula is C35H34ClFO4. The summed E-state index contributed by atoms with van der Waals surface area (Å²) in [4.78, 5) is 0. The van der Waals surface area contributed by atoms with E-state index in [1.807, 2.05) is 91.9 Å². The third-order valence-electron chi connectivity index (χ3n) is 7.11. The number of hydrogen-bond acceptors (Lipinski definition) is 4. The first-order valence-corrected chi connectivity index (χ1v) is 14.2. The molecule has 4 aromatic rings. The molecule has 0 amide bonds. The zero-order chi connectivity index (χ0) is 28.6. The minimum atomic E-state index is -0.422. The molecule has 4 aromatic carbocycles. The molecule has 0 aliphatic carbocycles. The van der Waals surface area contributed by atoms with Crippen LogP contribution in [-0.4, -0.2) is 18.8 Å². The maximum Gasteiger partial charge on any atom is 0.165 e. The Kier molecular flexibility index (Phi) is 9.73. The highest BCUT2D eigenvalue weighted by atomic mass is 35.5. The number of rotatable bonds is 11. The van der Waals surface area contributed by atoms with Gasteiger partial charge in [-0.2, -0.15) is 0 Å². The van der Waals surface area contributed by atoms with E-state index in [2.05, 4.69) is 6.58 Å². The second kappa shape index (κ2) is 13.8. The summed E-state index contributed by atoms with van der Waals surface area (Å²) >= 11 is 6.58. The molecule has 5 rings (SSSR count). The second-order valence-electron chi connectivity index (χ2n) is 10.1. The van der Waals surface area contributed by atoms with Crippen molar-refractivity contribution in [2.24, 2.45) is 0 Å². The average Bonchev–Trinajstić information content (AvgIpc) is 2.99. The van der Waals surface area contributed by atoms with Crippen LogP contribution in [0.1, 0.15) is 47.3 Å². The second-order valence-corrected chi connectivity index (χ2v) is 10.5. The highest BCUT2D eigenvalue weighted by Crippen LogP contribution is 2.38. The number of hydrogen-bond donors (Lipinski definition) is 0. The molecule has 41 heavy (non-hydrogen) atoms. The first-order chi connectivity index (χ1) is 20.0. The van der Waals surface area contributed by atoms with E-state index in [1.165, 1.54) is 6.07 Å². The van der Waals surface area contributed by atoms with E-state index in [0.717, 1.165) is 27.8 Å². The molecule has 1 aliphatic rings. The standard InChI is InChI=1S/C35H34ClFO4/c1-3-38-32-17-14-27(19-31(32)37)18-29-20-28(15-16-30(29)36)33-21-34(39-22-25-10-6-4-7-11-25)35(24(2)41-33)40-23-26-12-8-5-9-13-26/h4-17,19-20,33-35H,2-3,18,21-23H2,1H3/t33?,34?,35-/m1/s1. The Balaban J connectivity index is 1.34. The fraction of sp³-hybridized carbons (Fsp3) is 0.257. The lowest BCUT2D eigenvalue weighted by molar-refractivity contribution is -0.139. The van der Waals surface area contributed by atoms with Crippen LogP contribution in [0.2, 0.25) is 5.02 Å². The lowest BCUT2D eigenvalue weighted by Gasteiger charge is -2.38. The maximum absolute atomic E-state index is 14.5. The zero-order valence-electron chi connectivity index (χ0n) is 23.1. The Morgan fingerprint density at radius 3 is 2.20 bits per heavy atom. The van der Waals surface area contributed by atoms with Crippen molar-refractivity contribution in [2.75, 3.05) is 6.61 Å². The van der Waals surface area contributed by atoms with E-state index in [1.54, 1.807) is 6.07 Å². The molecule has 0 aromatic heterocycles. The van der Waals surface area contributed by atoms with Gasteiger partial charge in [0.2, 0.25) is 0 Å². The molecule has 0 spiro atoms. The van der Waals surface area contributed by atoms with Gasteiger partial charge in [0.25, 0.3) is 0 Å². The van der Waals surface area contributed by atoms with Crippen LogP contribution < -0.4 is 4.74 Å². The molecule has 2 unspecified atom stereocenters. The van der Waals surface area contributed by atoms with Gasteiger partial charge in [-0.1, -0.05) is 97.0 Å². The first-order valence-electron chi connectivity index (χ1n) is 13.9. The van der Waals surface area contributed by atoms with Crippen LogP contribution in [0.4, 0.5) is 4.39 Å². The van der Waals surface area contributed by atoms with Gasteiger partial charge >= 0.3 is 0 Å². The van der Waals surface area contributed by atoms with Gasteiger partial charge in [-0.15, -0.1) is 0 Å². The van der Waals surface area contributed by atoms with Crippen molar-refractivity contribution in [1.29, 1.82) is 0 Å². The third-order valence-corrected chi connectivity index (χ3v) is 7.48. The van der Waals surface area contributed by atoms with Gasteiger partial charge < -0.3 is 18.9 Å². The Morgan fingerprint density at radius 2 is 1.54 bits per heavy atom. The van der Waals surface area contributed by atoms with Gasteiger partial charge in [0.1, 0.15) is 18.0 Å². The summed E-state index contributed by atoms with van der Waals surface area (Å²) in [5, 5.41) is 0.610. The summed E-state index contributed by atoms with van der Waals surface area (Å²) in [6, 6.07) is 30.9. The summed E-state index contributed by atoms with van der Waals surface area (Å²) in [7, 11) is 0. The van der Waals surface area contributed by atoms with Crippen LogP contribution in [0.3, 0.4) is 0 Å². The van der Waals surface area contributed by atoms with Crippen molar-refractivity contribution in [2.45, 2.75) is 51.3 Å². The van der Waals surface area contributed by atoms with Gasteiger partial charge in [0, 0.05) is 11.4 Å². The van der Waals surface area contributed by atoms with Crippen LogP contribution in [0.5, 0.6) is 5.75 Å². The van der Waals surface area contributed by atoms with Crippen LogP contribution in [-0.2, 0) is 33.8 Å². The fourth-order valence-corrected chi connectivity index (χ4v) is 5.20. The molecule has 4 nitrogen and oxygen atoms in total. The molecule has 6 heteroatoms. The molecule has 0 N–H and O–H groups in total.